The Balaban J connectivity index is 1.90. The molecule has 0 atom stereocenters. The number of carbonyl (C=O) groups is 1. The highest BCUT2D eigenvalue weighted by atomic mass is 32.1. The molecule has 0 aliphatic carbocycles. The second kappa shape index (κ2) is 7.31. The molecular formula is C18H18N4O2S. The Kier molecular flexibility index (Phi) is 4.95. The lowest BCUT2D eigenvalue weighted by Gasteiger charge is -2.15. The Bertz CT molecular complexity index is 878. The third-order valence-electron chi connectivity index (χ3n) is 3.35. The van der Waals surface area contributed by atoms with Crippen molar-refractivity contribution in [3.8, 4) is 17.0 Å². The van der Waals surface area contributed by atoms with Crippen molar-refractivity contribution in [2.45, 2.75) is 20.0 Å². The molecule has 1 amide bonds. The number of thiazole rings is 1. The first-order valence-electron chi connectivity index (χ1n) is 7.76. The number of ether oxygens (including phenoxy) is 1. The van der Waals surface area contributed by atoms with Crippen molar-refractivity contribution in [2.75, 3.05) is 5.32 Å². The largest absolute Gasteiger partial charge is 0.489 e. The lowest BCUT2D eigenvalue weighted by molar-refractivity contribution is 0.100. The van der Waals surface area contributed by atoms with E-state index >= 15 is 0 Å². The molecule has 7 heteroatoms. The summed E-state index contributed by atoms with van der Waals surface area (Å²) < 4.78 is 5.80. The van der Waals surface area contributed by atoms with Crippen LogP contribution in [0.15, 0.2) is 48.1 Å². The SMILES string of the molecule is CC(C)Oc1ccc(C(N)=O)cc1Nc1nc(-c2ccncc2)cs1. The van der Waals surface area contributed by atoms with E-state index in [4.69, 9.17) is 10.5 Å². The van der Waals surface area contributed by atoms with E-state index in [9.17, 15) is 4.79 Å². The average molecular weight is 354 g/mol. The smallest absolute Gasteiger partial charge is 0.248 e. The van der Waals surface area contributed by atoms with Crippen molar-refractivity contribution in [3.05, 3.63) is 53.7 Å². The first-order valence-corrected chi connectivity index (χ1v) is 8.64. The maximum atomic E-state index is 11.5. The minimum Gasteiger partial charge on any atom is -0.489 e. The lowest BCUT2D eigenvalue weighted by atomic mass is 10.1. The van der Waals surface area contributed by atoms with Gasteiger partial charge in [0, 0.05) is 28.9 Å². The Morgan fingerprint density at radius 2 is 2.00 bits per heavy atom. The van der Waals surface area contributed by atoms with Crippen LogP contribution in [0.3, 0.4) is 0 Å². The van der Waals surface area contributed by atoms with Crippen LogP contribution in [-0.4, -0.2) is 22.0 Å². The summed E-state index contributed by atoms with van der Waals surface area (Å²) in [5.41, 5.74) is 8.28. The Morgan fingerprint density at radius 1 is 1.24 bits per heavy atom. The molecule has 0 radical (unpaired) electrons. The zero-order valence-electron chi connectivity index (χ0n) is 13.9. The van der Waals surface area contributed by atoms with E-state index < -0.39 is 5.91 Å². The van der Waals surface area contributed by atoms with Crippen LogP contribution in [-0.2, 0) is 0 Å². The van der Waals surface area contributed by atoms with Crippen LogP contribution >= 0.6 is 11.3 Å². The van der Waals surface area contributed by atoms with E-state index in [0.29, 0.717) is 22.1 Å². The summed E-state index contributed by atoms with van der Waals surface area (Å²) in [5, 5.41) is 5.88. The van der Waals surface area contributed by atoms with Crippen LogP contribution in [0.5, 0.6) is 5.75 Å². The molecule has 6 nitrogen and oxygen atoms in total. The molecule has 2 aromatic heterocycles. The number of benzene rings is 1. The minimum atomic E-state index is -0.490. The van der Waals surface area contributed by atoms with Gasteiger partial charge in [0.25, 0.3) is 0 Å². The molecule has 25 heavy (non-hydrogen) atoms. The number of amides is 1. The molecule has 0 aliphatic heterocycles. The number of primary amides is 1. The molecule has 3 aromatic rings. The second-order valence-electron chi connectivity index (χ2n) is 5.64. The van der Waals surface area contributed by atoms with Gasteiger partial charge < -0.3 is 15.8 Å². The summed E-state index contributed by atoms with van der Waals surface area (Å²) in [6.45, 7) is 3.88. The normalized spacial score (nSPS) is 10.7. The maximum Gasteiger partial charge on any atom is 0.248 e. The quantitative estimate of drug-likeness (QED) is 0.702. The Morgan fingerprint density at radius 3 is 2.68 bits per heavy atom. The predicted molar refractivity (Wildman–Crippen MR) is 99.4 cm³/mol. The molecule has 128 valence electrons. The number of aromatic nitrogens is 2. The van der Waals surface area contributed by atoms with E-state index in [0.717, 1.165) is 11.3 Å². The molecule has 0 bridgehead atoms. The average Bonchev–Trinajstić information content (AvgIpc) is 3.05. The molecule has 0 saturated heterocycles. The van der Waals surface area contributed by atoms with Gasteiger partial charge >= 0.3 is 0 Å². The molecule has 0 saturated carbocycles. The standard InChI is InChI=1S/C18H18N4O2S/c1-11(2)24-16-4-3-13(17(19)23)9-14(16)21-18-22-15(10-25-18)12-5-7-20-8-6-12/h3-11H,1-2H3,(H2,19,23)(H,21,22). The molecule has 3 rings (SSSR count). The van der Waals surface area contributed by atoms with E-state index in [2.05, 4.69) is 15.3 Å². The van der Waals surface area contributed by atoms with Crippen LogP contribution in [0, 0.1) is 0 Å². The van der Waals surface area contributed by atoms with Crippen molar-refractivity contribution < 1.29 is 9.53 Å². The van der Waals surface area contributed by atoms with Crippen LogP contribution in [0.1, 0.15) is 24.2 Å². The predicted octanol–water partition coefficient (Wildman–Crippen LogP) is 3.83. The van der Waals surface area contributed by atoms with Gasteiger partial charge in [-0.15, -0.1) is 11.3 Å². The molecule has 3 N–H and O–H groups in total. The van der Waals surface area contributed by atoms with Gasteiger partial charge in [0.05, 0.1) is 17.5 Å². The van der Waals surface area contributed by atoms with Gasteiger partial charge in [0.2, 0.25) is 5.91 Å². The molecule has 0 unspecified atom stereocenters. The van der Waals surface area contributed by atoms with E-state index in [1.807, 2.05) is 31.4 Å². The van der Waals surface area contributed by atoms with Crippen LogP contribution in [0.4, 0.5) is 10.8 Å². The summed E-state index contributed by atoms with van der Waals surface area (Å²) in [7, 11) is 0. The molecule has 2 heterocycles. The van der Waals surface area contributed by atoms with E-state index in [1.165, 1.54) is 11.3 Å². The number of hydrogen-bond acceptors (Lipinski definition) is 6. The van der Waals surface area contributed by atoms with Crippen molar-refractivity contribution in [1.82, 2.24) is 9.97 Å². The second-order valence-corrected chi connectivity index (χ2v) is 6.50. The number of pyridine rings is 1. The lowest BCUT2D eigenvalue weighted by Crippen LogP contribution is -2.12. The van der Waals surface area contributed by atoms with Crippen molar-refractivity contribution in [2.24, 2.45) is 5.73 Å². The Hall–Kier alpha value is -2.93. The van der Waals surface area contributed by atoms with Crippen LogP contribution < -0.4 is 15.8 Å². The van der Waals surface area contributed by atoms with Crippen molar-refractivity contribution in [3.63, 3.8) is 0 Å². The monoisotopic (exact) mass is 354 g/mol. The van der Waals surface area contributed by atoms with Gasteiger partial charge in [0.1, 0.15) is 5.75 Å². The number of nitrogens with zero attached hydrogens (tertiary/aromatic N) is 2. The van der Waals surface area contributed by atoms with E-state index in [-0.39, 0.29) is 6.10 Å². The summed E-state index contributed by atoms with van der Waals surface area (Å²) in [5.74, 6) is 0.149. The van der Waals surface area contributed by atoms with Gasteiger partial charge in [-0.1, -0.05) is 0 Å². The topological polar surface area (TPSA) is 90.1 Å². The fraction of sp³-hybridized carbons (Fsp3) is 0.167. The fourth-order valence-corrected chi connectivity index (χ4v) is 2.97. The zero-order chi connectivity index (χ0) is 17.8. The molecule has 1 aromatic carbocycles. The van der Waals surface area contributed by atoms with Gasteiger partial charge in [-0.2, -0.15) is 0 Å². The number of anilines is 2. The van der Waals surface area contributed by atoms with Gasteiger partial charge in [-0.3, -0.25) is 9.78 Å². The van der Waals surface area contributed by atoms with Crippen molar-refractivity contribution in [1.29, 1.82) is 0 Å². The maximum absolute atomic E-state index is 11.5. The highest BCUT2D eigenvalue weighted by molar-refractivity contribution is 7.14. The zero-order valence-corrected chi connectivity index (χ0v) is 14.7. The first kappa shape index (κ1) is 16.9. The summed E-state index contributed by atoms with van der Waals surface area (Å²) in [6.07, 6.45) is 3.46. The number of nitrogens with one attached hydrogen (secondary N) is 1. The van der Waals surface area contributed by atoms with Gasteiger partial charge in [0.15, 0.2) is 5.13 Å². The number of rotatable bonds is 6. The molecule has 0 fully saturated rings. The molecule has 0 spiro atoms. The van der Waals surface area contributed by atoms with Crippen LogP contribution in [0.25, 0.3) is 11.3 Å². The highest BCUT2D eigenvalue weighted by Gasteiger charge is 2.12. The third kappa shape index (κ3) is 4.13. The summed E-state index contributed by atoms with van der Waals surface area (Å²) in [4.78, 5) is 20.1. The summed E-state index contributed by atoms with van der Waals surface area (Å²) >= 11 is 1.47. The van der Waals surface area contributed by atoms with Crippen LogP contribution in [0.2, 0.25) is 0 Å². The highest BCUT2D eigenvalue weighted by Crippen LogP contribution is 2.32. The number of carbonyl (C=O) groups excluding carboxylic acids is 1. The van der Waals surface area contributed by atoms with Crippen molar-refractivity contribution >= 4 is 28.1 Å². The molecular weight excluding hydrogens is 336 g/mol. The molecule has 0 aliphatic rings. The Labute approximate surface area is 149 Å². The number of hydrogen-bond donors (Lipinski definition) is 2. The fourth-order valence-electron chi connectivity index (χ4n) is 2.24. The summed E-state index contributed by atoms with van der Waals surface area (Å²) in [6, 6.07) is 8.86. The first-order chi connectivity index (χ1) is 12.0. The van der Waals surface area contributed by atoms with Gasteiger partial charge in [-0.05, 0) is 44.2 Å². The number of nitrogens with two attached hydrogens (primary N) is 1. The van der Waals surface area contributed by atoms with Gasteiger partial charge in [-0.25, -0.2) is 4.98 Å². The third-order valence-corrected chi connectivity index (χ3v) is 4.11. The van der Waals surface area contributed by atoms with E-state index in [1.54, 1.807) is 30.6 Å². The minimum absolute atomic E-state index is 0.00338.